The maximum Gasteiger partial charge on any atom is 0.253 e. The SMILES string of the molecule is CCN(CCO)C[C@@H]1CN(C(=O)c2ccc3c(c2)CCC3)C[C@@H]1CO. The van der Waals surface area contributed by atoms with Gasteiger partial charge in [0.2, 0.25) is 0 Å². The van der Waals surface area contributed by atoms with Crippen LogP contribution in [-0.4, -0.2) is 71.9 Å². The van der Waals surface area contributed by atoms with Gasteiger partial charge in [-0.15, -0.1) is 0 Å². The monoisotopic (exact) mass is 346 g/mol. The molecular weight excluding hydrogens is 316 g/mol. The summed E-state index contributed by atoms with van der Waals surface area (Å²) in [5, 5.41) is 18.9. The number of rotatable bonds is 7. The maximum atomic E-state index is 12.9. The van der Waals surface area contributed by atoms with Gasteiger partial charge in [-0.2, -0.15) is 0 Å². The summed E-state index contributed by atoms with van der Waals surface area (Å²) in [5.74, 6) is 0.460. The second kappa shape index (κ2) is 8.30. The predicted molar refractivity (Wildman–Crippen MR) is 97.6 cm³/mol. The Hall–Kier alpha value is -1.43. The molecule has 0 radical (unpaired) electrons. The molecule has 5 nitrogen and oxygen atoms in total. The van der Waals surface area contributed by atoms with Crippen LogP contribution in [0.1, 0.15) is 34.8 Å². The smallest absolute Gasteiger partial charge is 0.253 e. The molecule has 1 aliphatic heterocycles. The van der Waals surface area contributed by atoms with Gasteiger partial charge in [0.1, 0.15) is 0 Å². The molecule has 1 aliphatic carbocycles. The van der Waals surface area contributed by atoms with Crippen LogP contribution in [0.3, 0.4) is 0 Å². The number of likely N-dealkylation sites (tertiary alicyclic amines) is 1. The first-order valence-corrected chi connectivity index (χ1v) is 9.51. The lowest BCUT2D eigenvalue weighted by atomic mass is 9.96. The van der Waals surface area contributed by atoms with E-state index in [-0.39, 0.29) is 31.0 Å². The number of benzene rings is 1. The van der Waals surface area contributed by atoms with Gasteiger partial charge in [-0.25, -0.2) is 0 Å². The summed E-state index contributed by atoms with van der Waals surface area (Å²) in [6.45, 7) is 5.95. The Balaban J connectivity index is 1.67. The van der Waals surface area contributed by atoms with E-state index in [0.29, 0.717) is 19.6 Å². The minimum Gasteiger partial charge on any atom is -0.396 e. The summed E-state index contributed by atoms with van der Waals surface area (Å²) in [5.41, 5.74) is 3.48. The van der Waals surface area contributed by atoms with Crippen molar-refractivity contribution >= 4 is 5.91 Å². The number of carbonyl (C=O) groups is 1. The third-order valence-electron chi connectivity index (χ3n) is 5.80. The van der Waals surface area contributed by atoms with Crippen LogP contribution >= 0.6 is 0 Å². The highest BCUT2D eigenvalue weighted by Crippen LogP contribution is 2.28. The summed E-state index contributed by atoms with van der Waals surface area (Å²) in [7, 11) is 0. The highest BCUT2D eigenvalue weighted by Gasteiger charge is 2.36. The van der Waals surface area contributed by atoms with Gasteiger partial charge in [-0.05, 0) is 55.0 Å². The minimum atomic E-state index is 0.0841. The van der Waals surface area contributed by atoms with E-state index in [1.54, 1.807) is 0 Å². The van der Waals surface area contributed by atoms with Gasteiger partial charge in [-0.3, -0.25) is 4.79 Å². The number of amides is 1. The average Bonchev–Trinajstić information content (AvgIpc) is 3.26. The van der Waals surface area contributed by atoms with Gasteiger partial charge in [0.25, 0.3) is 5.91 Å². The van der Waals surface area contributed by atoms with Crippen LogP contribution in [0.25, 0.3) is 0 Å². The highest BCUT2D eigenvalue weighted by atomic mass is 16.3. The molecule has 1 saturated heterocycles. The highest BCUT2D eigenvalue weighted by molar-refractivity contribution is 5.94. The fraction of sp³-hybridized carbons (Fsp3) is 0.650. The normalized spacial score (nSPS) is 22.6. The Morgan fingerprint density at radius 3 is 2.68 bits per heavy atom. The van der Waals surface area contributed by atoms with Gasteiger partial charge in [0.15, 0.2) is 0 Å². The molecule has 1 amide bonds. The molecule has 2 atom stereocenters. The molecule has 0 aromatic heterocycles. The Morgan fingerprint density at radius 1 is 1.20 bits per heavy atom. The molecule has 0 bridgehead atoms. The van der Waals surface area contributed by atoms with Crippen molar-refractivity contribution < 1.29 is 15.0 Å². The van der Waals surface area contributed by atoms with Crippen molar-refractivity contribution in [3.05, 3.63) is 34.9 Å². The molecule has 3 rings (SSSR count). The number of fused-ring (bicyclic) bond motifs is 1. The van der Waals surface area contributed by atoms with Crippen LogP contribution in [0.5, 0.6) is 0 Å². The number of nitrogens with zero attached hydrogens (tertiary/aromatic N) is 2. The zero-order valence-electron chi connectivity index (χ0n) is 15.2. The molecule has 0 unspecified atom stereocenters. The van der Waals surface area contributed by atoms with Crippen LogP contribution in [0.4, 0.5) is 0 Å². The number of aliphatic hydroxyl groups excluding tert-OH is 2. The molecule has 1 fully saturated rings. The van der Waals surface area contributed by atoms with Gasteiger partial charge in [0, 0.05) is 44.3 Å². The molecule has 138 valence electrons. The topological polar surface area (TPSA) is 64.0 Å². The Bertz CT molecular complexity index is 605. The van der Waals surface area contributed by atoms with Crippen LogP contribution < -0.4 is 0 Å². The van der Waals surface area contributed by atoms with Crippen LogP contribution in [0, 0.1) is 11.8 Å². The van der Waals surface area contributed by atoms with Crippen LogP contribution in [0.2, 0.25) is 0 Å². The number of carbonyl (C=O) groups excluding carboxylic acids is 1. The molecule has 25 heavy (non-hydrogen) atoms. The summed E-state index contributed by atoms with van der Waals surface area (Å²) in [6.07, 6.45) is 3.38. The Kier molecular flexibility index (Phi) is 6.10. The molecule has 2 N–H and O–H groups in total. The van der Waals surface area contributed by atoms with Crippen LogP contribution in [-0.2, 0) is 12.8 Å². The van der Waals surface area contributed by atoms with Gasteiger partial charge in [-0.1, -0.05) is 13.0 Å². The lowest BCUT2D eigenvalue weighted by molar-refractivity contribution is 0.0778. The van der Waals surface area contributed by atoms with E-state index in [9.17, 15) is 15.0 Å². The Labute approximate surface area is 150 Å². The summed E-state index contributed by atoms with van der Waals surface area (Å²) in [4.78, 5) is 17.0. The van der Waals surface area contributed by atoms with E-state index in [0.717, 1.165) is 31.5 Å². The third kappa shape index (κ3) is 4.05. The van der Waals surface area contributed by atoms with Crippen molar-refractivity contribution in [2.24, 2.45) is 11.8 Å². The van der Waals surface area contributed by atoms with Crippen molar-refractivity contribution in [3.8, 4) is 0 Å². The minimum absolute atomic E-state index is 0.0841. The van der Waals surface area contributed by atoms with E-state index < -0.39 is 0 Å². The fourth-order valence-corrected chi connectivity index (χ4v) is 4.26. The van der Waals surface area contributed by atoms with Crippen molar-refractivity contribution in [2.45, 2.75) is 26.2 Å². The third-order valence-corrected chi connectivity index (χ3v) is 5.80. The van der Waals surface area contributed by atoms with E-state index in [4.69, 9.17) is 0 Å². The maximum absolute atomic E-state index is 12.9. The molecule has 5 heteroatoms. The van der Waals surface area contributed by atoms with Crippen molar-refractivity contribution in [1.82, 2.24) is 9.80 Å². The average molecular weight is 346 g/mol. The van der Waals surface area contributed by atoms with E-state index >= 15 is 0 Å². The number of likely N-dealkylation sites (N-methyl/N-ethyl adjacent to an activating group) is 1. The zero-order chi connectivity index (χ0) is 17.8. The molecular formula is C20H30N2O3. The molecule has 0 spiro atoms. The standard InChI is InChI=1S/C20H30N2O3/c1-2-21(8-9-23)11-18-12-22(13-19(18)14-24)20(25)17-7-6-15-4-3-5-16(15)10-17/h6-7,10,18-19,23-24H,2-5,8-9,11-14H2,1H3/t18-,19-/m1/s1. The molecule has 2 aliphatic rings. The van der Waals surface area contributed by atoms with Crippen LogP contribution in [0.15, 0.2) is 18.2 Å². The van der Waals surface area contributed by atoms with E-state index in [1.165, 1.54) is 17.5 Å². The van der Waals surface area contributed by atoms with E-state index in [2.05, 4.69) is 24.0 Å². The second-order valence-electron chi connectivity index (χ2n) is 7.37. The summed E-state index contributed by atoms with van der Waals surface area (Å²) >= 11 is 0. The number of aliphatic hydroxyl groups is 2. The predicted octanol–water partition coefficient (Wildman–Crippen LogP) is 1.17. The first kappa shape index (κ1) is 18.4. The van der Waals surface area contributed by atoms with E-state index in [1.807, 2.05) is 11.0 Å². The summed E-state index contributed by atoms with van der Waals surface area (Å²) in [6, 6.07) is 6.13. The summed E-state index contributed by atoms with van der Waals surface area (Å²) < 4.78 is 0. The quantitative estimate of drug-likeness (QED) is 0.778. The van der Waals surface area contributed by atoms with Crippen molar-refractivity contribution in [1.29, 1.82) is 0 Å². The largest absolute Gasteiger partial charge is 0.396 e. The molecule has 1 aromatic carbocycles. The lowest BCUT2D eigenvalue weighted by Crippen LogP contribution is -2.36. The van der Waals surface area contributed by atoms with Gasteiger partial charge >= 0.3 is 0 Å². The number of aryl methyl sites for hydroxylation is 2. The molecule has 1 aromatic rings. The van der Waals surface area contributed by atoms with Gasteiger partial charge < -0.3 is 20.0 Å². The van der Waals surface area contributed by atoms with Crippen molar-refractivity contribution in [3.63, 3.8) is 0 Å². The first-order valence-electron chi connectivity index (χ1n) is 9.51. The van der Waals surface area contributed by atoms with Crippen molar-refractivity contribution in [2.75, 3.05) is 45.9 Å². The lowest BCUT2D eigenvalue weighted by Gasteiger charge is -2.25. The molecule has 1 heterocycles. The zero-order valence-corrected chi connectivity index (χ0v) is 15.2. The number of hydrogen-bond acceptors (Lipinski definition) is 4. The van der Waals surface area contributed by atoms with Gasteiger partial charge in [0.05, 0.1) is 6.61 Å². The molecule has 0 saturated carbocycles. The fourth-order valence-electron chi connectivity index (χ4n) is 4.26. The first-order chi connectivity index (χ1) is 12.2. The number of hydrogen-bond donors (Lipinski definition) is 2. The second-order valence-corrected chi connectivity index (χ2v) is 7.37. The Morgan fingerprint density at radius 2 is 1.96 bits per heavy atom.